The van der Waals surface area contributed by atoms with Gasteiger partial charge in [-0.05, 0) is 57.8 Å². The molecule has 12 nitrogen and oxygen atoms in total. The molecule has 0 bridgehead atoms. The first-order valence-electron chi connectivity index (χ1n) is 23.8. The number of carbonyl (C=O) groups is 3. The van der Waals surface area contributed by atoms with Crippen molar-refractivity contribution in [2.45, 2.75) is 193 Å². The normalized spacial score (nSPS) is 19.3. The number of unbranched alkanes of at least 4 members (excludes halogenated alkanes) is 16. The zero-order valence-electron chi connectivity index (χ0n) is 38.9. The molecule has 1 aliphatic rings. The van der Waals surface area contributed by atoms with Crippen molar-refractivity contribution in [1.29, 1.82) is 0 Å². The fraction of sp³-hybridized carbons (Fsp3) is 0.812. The molecule has 6 atom stereocenters. The Kier molecular flexibility index (Phi) is 32.8. The summed E-state index contributed by atoms with van der Waals surface area (Å²) in [6.45, 7) is 4.00. The second-order valence-electron chi connectivity index (χ2n) is 17.9. The van der Waals surface area contributed by atoms with E-state index in [1.807, 2.05) is 33.3 Å². The molecule has 13 heteroatoms. The number of hydrogen-bond acceptors (Lipinski definition) is 10. The van der Waals surface area contributed by atoms with Crippen molar-refractivity contribution in [3.05, 3.63) is 36.5 Å². The molecule has 1 fully saturated rings. The number of allylic oxidation sites excluding steroid dienone is 4. The molecule has 1 rings (SSSR count). The third-order valence-corrected chi connectivity index (χ3v) is 12.0. The van der Waals surface area contributed by atoms with Crippen LogP contribution < -0.4 is 0 Å². The van der Waals surface area contributed by atoms with Crippen LogP contribution in [0.1, 0.15) is 174 Å². The molecule has 1 unspecified atom stereocenters. The van der Waals surface area contributed by atoms with Crippen LogP contribution in [0.4, 0.5) is 0 Å². The van der Waals surface area contributed by atoms with Gasteiger partial charge in [0.2, 0.25) is 0 Å². The predicted octanol–water partition coefficient (Wildman–Crippen LogP) is 10.3. The Morgan fingerprint density at radius 1 is 0.754 bits per heavy atom. The molecule has 3 N–H and O–H groups in total. The van der Waals surface area contributed by atoms with Gasteiger partial charge in [-0.15, -0.1) is 0 Å². The highest BCUT2D eigenvalue weighted by molar-refractivity contribution is 7.47. The summed E-state index contributed by atoms with van der Waals surface area (Å²) in [6.07, 6.45) is 32.7. The number of quaternary nitrogens is 1. The van der Waals surface area contributed by atoms with Gasteiger partial charge in [-0.1, -0.05) is 134 Å². The number of Topliss-reactive ketones (excluding diaryl/α,β-unsaturated/α-hetero) is 1. The molecule has 0 aliphatic heterocycles. The summed E-state index contributed by atoms with van der Waals surface area (Å²) in [7, 11) is 1.31. The van der Waals surface area contributed by atoms with Crippen LogP contribution in [0.15, 0.2) is 36.5 Å². The van der Waals surface area contributed by atoms with E-state index in [2.05, 4.69) is 26.0 Å². The molecular formula is C48H87NO11P+. The summed E-state index contributed by atoms with van der Waals surface area (Å²) in [5.41, 5.74) is 0. The molecule has 0 aromatic heterocycles. The average Bonchev–Trinajstić information content (AvgIpc) is 3.47. The van der Waals surface area contributed by atoms with Crippen LogP contribution in [-0.4, -0.2) is 103 Å². The minimum Gasteiger partial charge on any atom is -0.462 e. The maximum Gasteiger partial charge on any atom is 0.472 e. The first kappa shape index (κ1) is 56.8. The van der Waals surface area contributed by atoms with Gasteiger partial charge >= 0.3 is 19.8 Å². The lowest BCUT2D eigenvalue weighted by atomic mass is 9.90. The van der Waals surface area contributed by atoms with Crippen molar-refractivity contribution in [3.8, 4) is 0 Å². The summed E-state index contributed by atoms with van der Waals surface area (Å²) in [5.74, 6) is -1.73. The zero-order chi connectivity index (χ0) is 45.2. The van der Waals surface area contributed by atoms with Gasteiger partial charge < -0.3 is 29.1 Å². The largest absolute Gasteiger partial charge is 0.472 e. The van der Waals surface area contributed by atoms with Crippen LogP contribution in [0.3, 0.4) is 0 Å². The standard InChI is InChI=1S/C48H86NO11P/c1-6-8-10-11-12-13-14-15-16-17-18-19-20-21-22-23-28-32-47(53)57-39-42(40-59-61(55,56)58-37-36-49(3,4)5)60-48(54)33-29-25-24-27-31-43-44(46(52)38-45(43)51)35-34-41(50)30-26-9-7-2/h15-16,24,27,34-35,41-44,46,50,52H,6-14,17-23,25-26,28-33,36-40H2,1-5H3/p+1/b16-15-,27-24-,35-34+/t41-,42+,43+,44+,46+/m0/s1. The Bertz CT molecular complexity index is 1300. The third-order valence-electron chi connectivity index (χ3n) is 11.0. The first-order chi connectivity index (χ1) is 29.2. The molecule has 0 aromatic rings. The van der Waals surface area contributed by atoms with E-state index in [-0.39, 0.29) is 50.1 Å². The van der Waals surface area contributed by atoms with Crippen molar-refractivity contribution in [1.82, 2.24) is 0 Å². The minimum atomic E-state index is -4.45. The van der Waals surface area contributed by atoms with Gasteiger partial charge in [0, 0.05) is 31.1 Å². The molecular weight excluding hydrogens is 797 g/mol. The number of aliphatic hydroxyl groups is 2. The number of carbonyl (C=O) groups excluding carboxylic acids is 3. The zero-order valence-corrected chi connectivity index (χ0v) is 39.8. The molecule has 1 saturated carbocycles. The van der Waals surface area contributed by atoms with Crippen molar-refractivity contribution < 1.29 is 57.1 Å². The minimum absolute atomic E-state index is 0.00516. The quantitative estimate of drug-likeness (QED) is 0.0177. The molecule has 0 saturated heterocycles. The van der Waals surface area contributed by atoms with Gasteiger partial charge in [-0.2, -0.15) is 0 Å². The molecule has 1 aliphatic carbocycles. The lowest BCUT2D eigenvalue weighted by Gasteiger charge is -2.24. The van der Waals surface area contributed by atoms with E-state index in [1.54, 1.807) is 12.2 Å². The summed E-state index contributed by atoms with van der Waals surface area (Å²) in [5, 5.41) is 20.7. The van der Waals surface area contributed by atoms with E-state index >= 15 is 0 Å². The maximum atomic E-state index is 12.8. The maximum absolute atomic E-state index is 12.8. The predicted molar refractivity (Wildman–Crippen MR) is 244 cm³/mol. The fourth-order valence-electron chi connectivity index (χ4n) is 7.17. The van der Waals surface area contributed by atoms with Gasteiger partial charge in [0.05, 0.1) is 40.0 Å². The van der Waals surface area contributed by atoms with Gasteiger partial charge in [0.15, 0.2) is 6.10 Å². The van der Waals surface area contributed by atoms with Gasteiger partial charge in [-0.25, -0.2) is 4.57 Å². The lowest BCUT2D eigenvalue weighted by molar-refractivity contribution is -0.870. The second kappa shape index (κ2) is 35.2. The van der Waals surface area contributed by atoms with Gasteiger partial charge in [-0.3, -0.25) is 23.4 Å². The number of ketones is 1. The van der Waals surface area contributed by atoms with Crippen molar-refractivity contribution in [2.24, 2.45) is 11.8 Å². The SMILES string of the molecule is CCCCCCCC/C=C\CCCCCCCCCC(=O)OC[C@H](COP(=O)(O)OCC[N+](C)(C)C)OC(=O)CCC/C=C\C[C@H]1C(=O)C[C@@H](O)[C@@H]1/C=C/[C@@H](O)CCCCC. The van der Waals surface area contributed by atoms with Crippen LogP contribution >= 0.6 is 7.82 Å². The number of aliphatic hydroxyl groups excluding tert-OH is 2. The summed E-state index contributed by atoms with van der Waals surface area (Å²) in [4.78, 5) is 48.2. The van der Waals surface area contributed by atoms with E-state index in [1.165, 1.54) is 64.2 Å². The third kappa shape index (κ3) is 32.2. The van der Waals surface area contributed by atoms with Crippen LogP contribution in [0.5, 0.6) is 0 Å². The van der Waals surface area contributed by atoms with Crippen LogP contribution in [0.2, 0.25) is 0 Å². The number of phosphoric ester groups is 1. The van der Waals surface area contributed by atoms with E-state index in [0.717, 1.165) is 44.9 Å². The fourth-order valence-corrected chi connectivity index (χ4v) is 7.91. The van der Waals surface area contributed by atoms with E-state index in [0.29, 0.717) is 43.1 Å². The molecule has 354 valence electrons. The first-order valence-corrected chi connectivity index (χ1v) is 25.3. The molecule has 61 heavy (non-hydrogen) atoms. The van der Waals surface area contributed by atoms with Crippen LogP contribution in [0, 0.1) is 11.8 Å². The topological polar surface area (TPSA) is 166 Å². The Morgan fingerprint density at radius 2 is 1.31 bits per heavy atom. The van der Waals surface area contributed by atoms with E-state index in [9.17, 15) is 34.1 Å². The second-order valence-corrected chi connectivity index (χ2v) is 19.4. The smallest absolute Gasteiger partial charge is 0.462 e. The van der Waals surface area contributed by atoms with Crippen molar-refractivity contribution >= 4 is 25.5 Å². The van der Waals surface area contributed by atoms with Crippen molar-refractivity contribution in [3.63, 3.8) is 0 Å². The summed E-state index contributed by atoms with van der Waals surface area (Å²) in [6, 6.07) is 0. The molecule has 0 aromatic carbocycles. The van der Waals surface area contributed by atoms with Crippen molar-refractivity contribution in [2.75, 3.05) is 47.5 Å². The van der Waals surface area contributed by atoms with Gasteiger partial charge in [0.25, 0.3) is 0 Å². The number of nitrogens with zero attached hydrogens (tertiary/aromatic N) is 1. The number of rotatable bonds is 39. The monoisotopic (exact) mass is 885 g/mol. The summed E-state index contributed by atoms with van der Waals surface area (Å²) >= 11 is 0. The number of phosphoric acid groups is 1. The number of ether oxygens (including phenoxy) is 2. The Labute approximate surface area is 370 Å². The highest BCUT2D eigenvalue weighted by Crippen LogP contribution is 2.43. The summed E-state index contributed by atoms with van der Waals surface area (Å²) < 4.78 is 34.3. The Morgan fingerprint density at radius 3 is 1.95 bits per heavy atom. The number of esters is 2. The number of hydrogen-bond donors (Lipinski definition) is 3. The Balaban J connectivity index is 2.47. The number of likely N-dealkylation sites (N-methyl/N-ethyl adjacent to an activating group) is 1. The molecule has 0 spiro atoms. The van der Waals surface area contributed by atoms with E-state index < -0.39 is 44.7 Å². The van der Waals surface area contributed by atoms with Crippen LogP contribution in [-0.2, 0) is 37.5 Å². The lowest BCUT2D eigenvalue weighted by Crippen LogP contribution is -2.37. The highest BCUT2D eigenvalue weighted by Gasteiger charge is 2.39. The molecule has 0 amide bonds. The molecule has 0 heterocycles. The van der Waals surface area contributed by atoms with Crippen LogP contribution in [0.25, 0.3) is 0 Å². The van der Waals surface area contributed by atoms with Gasteiger partial charge in [0.1, 0.15) is 25.5 Å². The Hall–Kier alpha value is -2.18. The highest BCUT2D eigenvalue weighted by atomic mass is 31.2. The van der Waals surface area contributed by atoms with E-state index in [4.69, 9.17) is 18.5 Å². The molecule has 0 radical (unpaired) electrons. The average molecular weight is 885 g/mol.